The summed E-state index contributed by atoms with van der Waals surface area (Å²) in [4.78, 5) is 10.3. The van der Waals surface area contributed by atoms with E-state index >= 15 is 0 Å². The second kappa shape index (κ2) is 4.15. The molecule has 1 amide bonds. The standard InChI is InChI=1S/C8H8ClFN2O2/c1-12(11-8(13)14)6-4-2-3-5(9)7(6)10/h2-4,11H,1H3,(H,13,14). The highest BCUT2D eigenvalue weighted by Crippen LogP contribution is 2.23. The van der Waals surface area contributed by atoms with Crippen LogP contribution in [-0.2, 0) is 0 Å². The zero-order valence-electron chi connectivity index (χ0n) is 7.29. The van der Waals surface area contributed by atoms with Gasteiger partial charge in [0.1, 0.15) is 0 Å². The number of carboxylic acid groups (broad SMARTS) is 1. The van der Waals surface area contributed by atoms with Gasteiger partial charge in [-0.25, -0.2) is 14.6 Å². The van der Waals surface area contributed by atoms with E-state index in [4.69, 9.17) is 16.7 Å². The second-order valence-corrected chi connectivity index (χ2v) is 2.96. The maximum Gasteiger partial charge on any atom is 0.423 e. The maximum atomic E-state index is 13.3. The van der Waals surface area contributed by atoms with E-state index in [0.717, 1.165) is 5.01 Å². The van der Waals surface area contributed by atoms with Gasteiger partial charge in [-0.15, -0.1) is 0 Å². The van der Waals surface area contributed by atoms with Gasteiger partial charge in [-0.1, -0.05) is 17.7 Å². The Morgan fingerprint density at radius 2 is 2.29 bits per heavy atom. The van der Waals surface area contributed by atoms with E-state index in [9.17, 15) is 9.18 Å². The van der Waals surface area contributed by atoms with Crippen LogP contribution in [0.3, 0.4) is 0 Å². The molecule has 0 aliphatic carbocycles. The van der Waals surface area contributed by atoms with Gasteiger partial charge in [0.15, 0.2) is 5.82 Å². The number of hydrogen-bond acceptors (Lipinski definition) is 2. The van der Waals surface area contributed by atoms with Crippen molar-refractivity contribution < 1.29 is 14.3 Å². The van der Waals surface area contributed by atoms with Gasteiger partial charge in [0.25, 0.3) is 0 Å². The molecule has 1 rings (SSSR count). The van der Waals surface area contributed by atoms with Gasteiger partial charge in [-0.05, 0) is 12.1 Å². The van der Waals surface area contributed by atoms with E-state index in [2.05, 4.69) is 0 Å². The smallest absolute Gasteiger partial charge is 0.423 e. The van der Waals surface area contributed by atoms with Gasteiger partial charge < -0.3 is 5.11 Å². The summed E-state index contributed by atoms with van der Waals surface area (Å²) in [5.41, 5.74) is 2.05. The van der Waals surface area contributed by atoms with Crippen LogP contribution < -0.4 is 10.4 Å². The summed E-state index contributed by atoms with van der Waals surface area (Å²) in [7, 11) is 1.38. The maximum absolute atomic E-state index is 13.3. The lowest BCUT2D eigenvalue weighted by Gasteiger charge is -2.18. The van der Waals surface area contributed by atoms with E-state index in [1.807, 2.05) is 5.43 Å². The van der Waals surface area contributed by atoms with E-state index in [0.29, 0.717) is 0 Å². The van der Waals surface area contributed by atoms with Crippen LogP contribution in [0, 0.1) is 5.82 Å². The number of halogens is 2. The van der Waals surface area contributed by atoms with Crippen LogP contribution in [0.5, 0.6) is 0 Å². The third-order valence-electron chi connectivity index (χ3n) is 1.56. The number of benzene rings is 1. The Hall–Kier alpha value is -1.49. The number of carbonyl (C=O) groups is 1. The van der Waals surface area contributed by atoms with Crippen LogP contribution >= 0.6 is 11.6 Å². The lowest BCUT2D eigenvalue weighted by molar-refractivity contribution is 0.194. The van der Waals surface area contributed by atoms with E-state index in [1.54, 1.807) is 0 Å². The summed E-state index contributed by atoms with van der Waals surface area (Å²) >= 11 is 5.52. The zero-order valence-corrected chi connectivity index (χ0v) is 8.05. The van der Waals surface area contributed by atoms with Gasteiger partial charge in [0.05, 0.1) is 10.7 Å². The molecule has 0 saturated heterocycles. The first-order valence-electron chi connectivity index (χ1n) is 3.69. The highest BCUT2D eigenvalue weighted by atomic mass is 35.5. The average molecular weight is 219 g/mol. The summed E-state index contributed by atoms with van der Waals surface area (Å²) < 4.78 is 13.3. The molecule has 0 aliphatic rings. The molecule has 0 radical (unpaired) electrons. The van der Waals surface area contributed by atoms with Crippen molar-refractivity contribution in [1.29, 1.82) is 0 Å². The predicted octanol–water partition coefficient (Wildman–Crippen LogP) is 2.10. The van der Waals surface area contributed by atoms with Crippen molar-refractivity contribution in [1.82, 2.24) is 5.43 Å². The summed E-state index contributed by atoms with van der Waals surface area (Å²) in [5.74, 6) is -0.662. The molecule has 0 aromatic heterocycles. The Bertz CT molecular complexity index is 359. The summed E-state index contributed by atoms with van der Waals surface area (Å²) in [6.45, 7) is 0. The monoisotopic (exact) mass is 218 g/mol. The normalized spacial score (nSPS) is 9.64. The Morgan fingerprint density at radius 1 is 1.64 bits per heavy atom. The van der Waals surface area contributed by atoms with Gasteiger partial charge in [0, 0.05) is 7.05 Å². The fourth-order valence-corrected chi connectivity index (χ4v) is 1.12. The minimum Gasteiger partial charge on any atom is -0.464 e. The molecule has 1 aromatic rings. The van der Waals surface area contributed by atoms with Crippen molar-refractivity contribution in [2.45, 2.75) is 0 Å². The molecule has 0 atom stereocenters. The van der Waals surface area contributed by atoms with Gasteiger partial charge in [-0.2, -0.15) is 0 Å². The van der Waals surface area contributed by atoms with Crippen LogP contribution in [0.25, 0.3) is 0 Å². The Labute approximate surface area is 84.9 Å². The van der Waals surface area contributed by atoms with Gasteiger partial charge >= 0.3 is 6.09 Å². The van der Waals surface area contributed by atoms with Crippen molar-refractivity contribution in [2.75, 3.05) is 12.1 Å². The molecule has 14 heavy (non-hydrogen) atoms. The highest BCUT2D eigenvalue weighted by Gasteiger charge is 2.11. The fourth-order valence-electron chi connectivity index (χ4n) is 0.955. The highest BCUT2D eigenvalue weighted by molar-refractivity contribution is 6.31. The number of rotatable bonds is 2. The molecule has 0 bridgehead atoms. The first-order chi connectivity index (χ1) is 6.52. The zero-order chi connectivity index (χ0) is 10.7. The van der Waals surface area contributed by atoms with Crippen LogP contribution in [-0.4, -0.2) is 18.2 Å². The third kappa shape index (κ3) is 2.26. The first-order valence-corrected chi connectivity index (χ1v) is 4.07. The molecule has 76 valence electrons. The lowest BCUT2D eigenvalue weighted by atomic mass is 10.3. The Morgan fingerprint density at radius 3 is 2.86 bits per heavy atom. The number of anilines is 1. The van der Waals surface area contributed by atoms with Crippen LogP contribution in [0.15, 0.2) is 18.2 Å². The molecule has 0 aliphatic heterocycles. The summed E-state index contributed by atoms with van der Waals surface area (Å²) in [6.07, 6.45) is -1.27. The van der Waals surface area contributed by atoms with Crippen molar-refractivity contribution in [3.63, 3.8) is 0 Å². The molecule has 0 saturated carbocycles. The number of hydrazine groups is 1. The second-order valence-electron chi connectivity index (χ2n) is 2.55. The van der Waals surface area contributed by atoms with Crippen molar-refractivity contribution >= 4 is 23.4 Å². The number of amides is 1. The number of hydrogen-bond donors (Lipinski definition) is 2. The quantitative estimate of drug-likeness (QED) is 0.748. The Kier molecular flexibility index (Phi) is 3.14. The lowest BCUT2D eigenvalue weighted by Crippen LogP contribution is -2.38. The van der Waals surface area contributed by atoms with Gasteiger partial charge in [-0.3, -0.25) is 5.01 Å². The number of nitrogens with one attached hydrogen (secondary N) is 1. The summed E-state index contributed by atoms with van der Waals surface area (Å²) in [6, 6.07) is 4.33. The van der Waals surface area contributed by atoms with Crippen molar-refractivity contribution in [3.05, 3.63) is 29.0 Å². The molecule has 1 aromatic carbocycles. The van der Waals surface area contributed by atoms with Crippen molar-refractivity contribution in [2.24, 2.45) is 0 Å². The fraction of sp³-hybridized carbons (Fsp3) is 0.125. The minimum atomic E-state index is -1.27. The van der Waals surface area contributed by atoms with Gasteiger partial charge in [0.2, 0.25) is 0 Å². The van der Waals surface area contributed by atoms with Crippen LogP contribution in [0.4, 0.5) is 14.9 Å². The van der Waals surface area contributed by atoms with E-state index in [-0.39, 0.29) is 10.7 Å². The molecule has 4 nitrogen and oxygen atoms in total. The molecule has 6 heteroatoms. The number of nitrogens with zero attached hydrogens (tertiary/aromatic N) is 1. The molecule has 0 fully saturated rings. The molecular formula is C8H8ClFN2O2. The SMILES string of the molecule is CN(NC(=O)O)c1cccc(Cl)c1F. The predicted molar refractivity (Wildman–Crippen MR) is 51.0 cm³/mol. The molecule has 0 heterocycles. The van der Waals surface area contributed by atoms with Crippen molar-refractivity contribution in [3.8, 4) is 0 Å². The molecule has 2 N–H and O–H groups in total. The minimum absolute atomic E-state index is 0.0541. The largest absolute Gasteiger partial charge is 0.464 e. The summed E-state index contributed by atoms with van der Waals surface area (Å²) in [5, 5.41) is 9.37. The average Bonchev–Trinajstić information content (AvgIpc) is 2.08. The first kappa shape index (κ1) is 10.6. The molecule has 0 unspecified atom stereocenters. The van der Waals surface area contributed by atoms with E-state index < -0.39 is 11.9 Å². The van der Waals surface area contributed by atoms with Crippen LogP contribution in [0.1, 0.15) is 0 Å². The topological polar surface area (TPSA) is 52.6 Å². The molecule has 0 spiro atoms. The molecular weight excluding hydrogens is 211 g/mol. The van der Waals surface area contributed by atoms with E-state index in [1.165, 1.54) is 25.2 Å². The third-order valence-corrected chi connectivity index (χ3v) is 1.85. The Balaban J connectivity index is 2.95. The van der Waals surface area contributed by atoms with Crippen LogP contribution in [0.2, 0.25) is 5.02 Å².